The van der Waals surface area contributed by atoms with Gasteiger partial charge in [-0.15, -0.1) is 11.3 Å². The number of nitrogens with zero attached hydrogens (tertiary/aromatic N) is 5. The van der Waals surface area contributed by atoms with Gasteiger partial charge in [0.15, 0.2) is 0 Å². The van der Waals surface area contributed by atoms with E-state index in [1.54, 1.807) is 28.4 Å². The number of carbonyl (C=O) groups excluding carboxylic acids is 1. The standard InChI is InChI=1S/C23H25N5O3S/c1-14-6-7-18-19(12-14)32-22-20(18)21(24-15(2)25-22)26-8-10-27(11-9-26)23(29)16-4-3-5-17(13-16)28(30)31/h3-5,13-14H,6-12H2,1-2H3/t14-/m1/s1. The minimum Gasteiger partial charge on any atom is -0.352 e. The number of piperazine rings is 1. The average molecular weight is 452 g/mol. The summed E-state index contributed by atoms with van der Waals surface area (Å²) in [4.78, 5) is 39.6. The van der Waals surface area contributed by atoms with Gasteiger partial charge in [-0.2, -0.15) is 0 Å². The lowest BCUT2D eigenvalue weighted by Gasteiger charge is -2.36. The van der Waals surface area contributed by atoms with Gasteiger partial charge in [-0.25, -0.2) is 9.97 Å². The topological polar surface area (TPSA) is 92.5 Å². The molecule has 3 heterocycles. The molecule has 1 aliphatic heterocycles. The summed E-state index contributed by atoms with van der Waals surface area (Å²) >= 11 is 1.80. The molecule has 1 aromatic carbocycles. The van der Waals surface area contributed by atoms with Crippen LogP contribution in [0, 0.1) is 23.0 Å². The van der Waals surface area contributed by atoms with Crippen molar-refractivity contribution in [2.75, 3.05) is 31.1 Å². The number of benzene rings is 1. The summed E-state index contributed by atoms with van der Waals surface area (Å²) in [6, 6.07) is 5.95. The molecule has 2 aromatic heterocycles. The zero-order chi connectivity index (χ0) is 22.4. The molecule has 0 N–H and O–H groups in total. The number of nitro benzene ring substituents is 1. The fraction of sp³-hybridized carbons (Fsp3) is 0.435. The van der Waals surface area contributed by atoms with Crippen LogP contribution in [0.1, 0.15) is 40.0 Å². The molecule has 166 valence electrons. The third-order valence-electron chi connectivity index (χ3n) is 6.42. The number of non-ortho nitro benzene ring substituents is 1. The van der Waals surface area contributed by atoms with Crippen LogP contribution in [0.3, 0.4) is 0 Å². The molecule has 0 radical (unpaired) electrons. The van der Waals surface area contributed by atoms with Crippen molar-refractivity contribution in [1.29, 1.82) is 0 Å². The highest BCUT2D eigenvalue weighted by Crippen LogP contribution is 2.41. The Hall–Kier alpha value is -3.07. The van der Waals surface area contributed by atoms with Crippen molar-refractivity contribution in [3.63, 3.8) is 0 Å². The average Bonchev–Trinajstić information content (AvgIpc) is 3.15. The molecule has 0 unspecified atom stereocenters. The zero-order valence-corrected chi connectivity index (χ0v) is 19.0. The number of fused-ring (bicyclic) bond motifs is 3. The van der Waals surface area contributed by atoms with E-state index >= 15 is 0 Å². The van der Waals surface area contributed by atoms with Gasteiger partial charge in [0.05, 0.1) is 10.3 Å². The van der Waals surface area contributed by atoms with Crippen LogP contribution in [0.5, 0.6) is 0 Å². The van der Waals surface area contributed by atoms with Crippen molar-refractivity contribution in [3.05, 3.63) is 56.2 Å². The van der Waals surface area contributed by atoms with E-state index in [1.807, 2.05) is 6.92 Å². The molecule has 32 heavy (non-hydrogen) atoms. The Balaban J connectivity index is 1.38. The quantitative estimate of drug-likeness (QED) is 0.442. The van der Waals surface area contributed by atoms with Gasteiger partial charge < -0.3 is 9.80 Å². The molecular formula is C23H25N5O3S. The molecule has 1 saturated heterocycles. The zero-order valence-electron chi connectivity index (χ0n) is 18.2. The Kier molecular flexibility index (Phi) is 5.28. The van der Waals surface area contributed by atoms with Gasteiger partial charge in [-0.1, -0.05) is 13.0 Å². The second-order valence-electron chi connectivity index (χ2n) is 8.71. The predicted octanol–water partition coefficient (Wildman–Crippen LogP) is 4.00. The first kappa shape index (κ1) is 20.8. The molecule has 1 aliphatic carbocycles. The van der Waals surface area contributed by atoms with Crippen LogP contribution in [0.25, 0.3) is 10.2 Å². The molecule has 1 atom stereocenters. The molecular weight excluding hydrogens is 426 g/mol. The smallest absolute Gasteiger partial charge is 0.270 e. The lowest BCUT2D eigenvalue weighted by Crippen LogP contribution is -2.49. The minimum atomic E-state index is -0.473. The monoisotopic (exact) mass is 451 g/mol. The highest BCUT2D eigenvalue weighted by molar-refractivity contribution is 7.19. The number of nitro groups is 1. The molecule has 0 saturated carbocycles. The van der Waals surface area contributed by atoms with E-state index in [9.17, 15) is 14.9 Å². The van der Waals surface area contributed by atoms with Gasteiger partial charge >= 0.3 is 0 Å². The summed E-state index contributed by atoms with van der Waals surface area (Å²) in [7, 11) is 0. The van der Waals surface area contributed by atoms with Crippen LogP contribution in [-0.2, 0) is 12.8 Å². The molecule has 3 aromatic rings. The van der Waals surface area contributed by atoms with Crippen LogP contribution in [0.15, 0.2) is 24.3 Å². The maximum Gasteiger partial charge on any atom is 0.270 e. The molecule has 1 fully saturated rings. The number of hydrogen-bond acceptors (Lipinski definition) is 7. The summed E-state index contributed by atoms with van der Waals surface area (Å²) in [5.74, 6) is 2.30. The minimum absolute atomic E-state index is 0.0649. The molecule has 5 rings (SSSR count). The Bertz CT molecular complexity index is 1220. The van der Waals surface area contributed by atoms with Crippen LogP contribution < -0.4 is 4.90 Å². The second-order valence-corrected chi connectivity index (χ2v) is 9.80. The van der Waals surface area contributed by atoms with E-state index in [0.29, 0.717) is 37.7 Å². The molecule has 1 amide bonds. The van der Waals surface area contributed by atoms with E-state index in [1.165, 1.54) is 34.4 Å². The Labute approximate surface area is 190 Å². The molecule has 8 nitrogen and oxygen atoms in total. The third kappa shape index (κ3) is 3.70. The van der Waals surface area contributed by atoms with E-state index in [-0.39, 0.29) is 11.6 Å². The fourth-order valence-electron chi connectivity index (χ4n) is 4.71. The summed E-state index contributed by atoms with van der Waals surface area (Å²) in [6.07, 6.45) is 3.37. The second kappa shape index (κ2) is 8.12. The summed E-state index contributed by atoms with van der Waals surface area (Å²) in [5.41, 5.74) is 1.70. The van der Waals surface area contributed by atoms with Crippen molar-refractivity contribution in [2.45, 2.75) is 33.1 Å². The lowest BCUT2D eigenvalue weighted by atomic mass is 9.89. The molecule has 0 spiro atoms. The Morgan fingerprint density at radius 3 is 2.75 bits per heavy atom. The number of aryl methyl sites for hydroxylation is 2. The van der Waals surface area contributed by atoms with E-state index in [4.69, 9.17) is 9.97 Å². The SMILES string of the molecule is Cc1nc(N2CCN(C(=O)c3cccc([N+](=O)[O-])c3)CC2)c2c3c(sc2n1)C[C@H](C)CC3. The van der Waals surface area contributed by atoms with Crippen LogP contribution in [-0.4, -0.2) is 51.9 Å². The number of hydrogen-bond donors (Lipinski definition) is 0. The number of carbonyl (C=O) groups is 1. The van der Waals surface area contributed by atoms with Crippen molar-refractivity contribution in [3.8, 4) is 0 Å². The van der Waals surface area contributed by atoms with Gasteiger partial charge in [0.2, 0.25) is 0 Å². The van der Waals surface area contributed by atoms with Crippen molar-refractivity contribution >= 4 is 39.0 Å². The summed E-state index contributed by atoms with van der Waals surface area (Å²) < 4.78 is 0. The van der Waals surface area contributed by atoms with Gasteiger partial charge in [-0.3, -0.25) is 14.9 Å². The largest absolute Gasteiger partial charge is 0.352 e. The van der Waals surface area contributed by atoms with E-state index in [2.05, 4.69) is 11.8 Å². The van der Waals surface area contributed by atoms with Gasteiger partial charge in [0, 0.05) is 48.8 Å². The van der Waals surface area contributed by atoms with E-state index in [0.717, 1.165) is 29.3 Å². The highest BCUT2D eigenvalue weighted by Gasteiger charge is 2.28. The number of anilines is 1. The van der Waals surface area contributed by atoms with Crippen molar-refractivity contribution in [1.82, 2.24) is 14.9 Å². The lowest BCUT2D eigenvalue weighted by molar-refractivity contribution is -0.384. The van der Waals surface area contributed by atoms with Gasteiger partial charge in [0.1, 0.15) is 16.5 Å². The summed E-state index contributed by atoms with van der Waals surface area (Å²) in [5, 5.41) is 12.2. The highest BCUT2D eigenvalue weighted by atomic mass is 32.1. The summed E-state index contributed by atoms with van der Waals surface area (Å²) in [6.45, 7) is 6.69. The van der Waals surface area contributed by atoms with Crippen molar-refractivity contribution in [2.24, 2.45) is 5.92 Å². The first-order valence-corrected chi connectivity index (χ1v) is 11.8. The van der Waals surface area contributed by atoms with Gasteiger partial charge in [0.25, 0.3) is 11.6 Å². The van der Waals surface area contributed by atoms with Crippen LogP contribution in [0.4, 0.5) is 11.5 Å². The first-order valence-electron chi connectivity index (χ1n) is 11.0. The van der Waals surface area contributed by atoms with Crippen LogP contribution >= 0.6 is 11.3 Å². The molecule has 2 aliphatic rings. The normalized spacial score (nSPS) is 18.6. The Morgan fingerprint density at radius 1 is 1.22 bits per heavy atom. The Morgan fingerprint density at radius 2 is 2.00 bits per heavy atom. The number of thiophene rings is 1. The third-order valence-corrected chi connectivity index (χ3v) is 7.57. The molecule has 0 bridgehead atoms. The number of amides is 1. The van der Waals surface area contributed by atoms with Crippen LogP contribution in [0.2, 0.25) is 0 Å². The van der Waals surface area contributed by atoms with Crippen molar-refractivity contribution < 1.29 is 9.72 Å². The maximum absolute atomic E-state index is 12.9. The van der Waals surface area contributed by atoms with E-state index < -0.39 is 4.92 Å². The number of aromatic nitrogens is 2. The number of rotatable bonds is 3. The maximum atomic E-state index is 12.9. The predicted molar refractivity (Wildman–Crippen MR) is 125 cm³/mol. The first-order chi connectivity index (χ1) is 15.4. The van der Waals surface area contributed by atoms with Gasteiger partial charge in [-0.05, 0) is 43.7 Å². The fourth-order valence-corrected chi connectivity index (χ4v) is 6.13. The molecule has 9 heteroatoms.